The Balaban J connectivity index is 1.62. The van der Waals surface area contributed by atoms with Gasteiger partial charge in [-0.3, -0.25) is 4.79 Å². The van der Waals surface area contributed by atoms with Gasteiger partial charge in [0.05, 0.1) is 4.90 Å². The molecule has 1 fully saturated rings. The molecule has 7 heteroatoms. The topological polar surface area (TPSA) is 66.5 Å². The minimum atomic E-state index is -3.56. The molecule has 0 radical (unpaired) electrons. The van der Waals surface area contributed by atoms with Crippen LogP contribution in [-0.2, 0) is 21.4 Å². The van der Waals surface area contributed by atoms with Gasteiger partial charge in [0.1, 0.15) is 0 Å². The van der Waals surface area contributed by atoms with Crippen molar-refractivity contribution >= 4 is 27.5 Å². The van der Waals surface area contributed by atoms with Crippen LogP contribution in [0.25, 0.3) is 0 Å². The average molecular weight is 435 g/mol. The van der Waals surface area contributed by atoms with Gasteiger partial charge in [0, 0.05) is 30.6 Å². The predicted octanol–water partition coefficient (Wildman–Crippen LogP) is 3.98. The fourth-order valence-corrected chi connectivity index (χ4v) is 6.14. The summed E-state index contributed by atoms with van der Waals surface area (Å²) in [4.78, 5) is 12.9. The van der Waals surface area contributed by atoms with Crippen LogP contribution in [0.5, 0.6) is 0 Å². The van der Waals surface area contributed by atoms with Crippen molar-refractivity contribution in [2.75, 3.05) is 13.1 Å². The highest BCUT2D eigenvalue weighted by molar-refractivity contribution is 7.89. The number of halogens is 1. The summed E-state index contributed by atoms with van der Waals surface area (Å²) in [6, 6.07) is 11.2. The fourth-order valence-electron chi connectivity index (χ4n) is 4.04. The second-order valence-electron chi connectivity index (χ2n) is 7.75. The van der Waals surface area contributed by atoms with E-state index >= 15 is 0 Å². The van der Waals surface area contributed by atoms with Crippen molar-refractivity contribution in [1.29, 1.82) is 0 Å². The van der Waals surface area contributed by atoms with Crippen molar-refractivity contribution in [3.8, 4) is 0 Å². The van der Waals surface area contributed by atoms with Crippen molar-refractivity contribution in [2.24, 2.45) is 5.92 Å². The molecule has 0 bridgehead atoms. The van der Waals surface area contributed by atoms with Gasteiger partial charge in [-0.25, -0.2) is 8.42 Å². The second kappa shape index (κ2) is 8.86. The quantitative estimate of drug-likeness (QED) is 0.773. The molecule has 1 amide bonds. The van der Waals surface area contributed by atoms with Crippen molar-refractivity contribution in [3.05, 3.63) is 63.7 Å². The molecule has 1 aliphatic rings. The summed E-state index contributed by atoms with van der Waals surface area (Å²) in [6.45, 7) is 6.75. The van der Waals surface area contributed by atoms with Gasteiger partial charge < -0.3 is 5.32 Å². The van der Waals surface area contributed by atoms with E-state index in [9.17, 15) is 13.2 Å². The summed E-state index contributed by atoms with van der Waals surface area (Å²) in [7, 11) is -3.56. The number of hydrogen-bond donors (Lipinski definition) is 1. The number of piperidine rings is 1. The zero-order valence-electron chi connectivity index (χ0n) is 17.0. The summed E-state index contributed by atoms with van der Waals surface area (Å²) in [5, 5.41) is 3.58. The monoisotopic (exact) mass is 434 g/mol. The van der Waals surface area contributed by atoms with E-state index in [-0.39, 0.29) is 11.8 Å². The molecule has 0 aliphatic carbocycles. The average Bonchev–Trinajstić information content (AvgIpc) is 2.65. The lowest BCUT2D eigenvalue weighted by atomic mass is 9.97. The molecule has 1 saturated heterocycles. The first-order chi connectivity index (χ1) is 13.7. The summed E-state index contributed by atoms with van der Waals surface area (Å²) in [5.74, 6) is -0.217. The van der Waals surface area contributed by atoms with E-state index in [1.165, 1.54) is 4.31 Å². The highest BCUT2D eigenvalue weighted by Gasteiger charge is 2.33. The van der Waals surface area contributed by atoms with Crippen LogP contribution in [0.4, 0.5) is 0 Å². The van der Waals surface area contributed by atoms with Crippen LogP contribution >= 0.6 is 11.6 Å². The van der Waals surface area contributed by atoms with Gasteiger partial charge in [0.15, 0.2) is 0 Å². The normalized spacial score (nSPS) is 16.0. The lowest BCUT2D eigenvalue weighted by Crippen LogP contribution is -2.43. The first kappa shape index (κ1) is 21.8. The van der Waals surface area contributed by atoms with Gasteiger partial charge in [0.2, 0.25) is 15.9 Å². The molecule has 1 heterocycles. The summed E-state index contributed by atoms with van der Waals surface area (Å²) in [5.41, 5.74) is 3.53. The fraction of sp³-hybridized carbons (Fsp3) is 0.409. The van der Waals surface area contributed by atoms with Crippen molar-refractivity contribution in [2.45, 2.75) is 45.1 Å². The van der Waals surface area contributed by atoms with Gasteiger partial charge in [-0.15, -0.1) is 0 Å². The molecule has 1 aliphatic heterocycles. The highest BCUT2D eigenvalue weighted by atomic mass is 35.5. The number of amides is 1. The third-order valence-corrected chi connectivity index (χ3v) is 7.82. The Hall–Kier alpha value is -1.89. The third-order valence-electron chi connectivity index (χ3n) is 5.38. The van der Waals surface area contributed by atoms with E-state index in [1.807, 2.05) is 51.1 Å². The van der Waals surface area contributed by atoms with Crippen LogP contribution in [0.15, 0.2) is 41.3 Å². The minimum Gasteiger partial charge on any atom is -0.352 e. The van der Waals surface area contributed by atoms with Gasteiger partial charge >= 0.3 is 0 Å². The third kappa shape index (κ3) is 5.00. The van der Waals surface area contributed by atoms with Gasteiger partial charge in [0.25, 0.3) is 0 Å². The molecule has 2 aromatic rings. The molecule has 0 spiro atoms. The zero-order valence-corrected chi connectivity index (χ0v) is 18.6. The maximum Gasteiger partial charge on any atom is 0.243 e. The van der Waals surface area contributed by atoms with Crippen molar-refractivity contribution in [1.82, 2.24) is 9.62 Å². The van der Waals surface area contributed by atoms with Gasteiger partial charge in [-0.2, -0.15) is 4.31 Å². The number of benzene rings is 2. The summed E-state index contributed by atoms with van der Waals surface area (Å²) in [6.07, 6.45) is 1.04. The maximum atomic E-state index is 13.2. The SMILES string of the molecule is Cc1cc(C)c(S(=O)(=O)N2CCC(C(=O)NCc3cccc(Cl)c3)CC2)c(C)c1. The van der Waals surface area contributed by atoms with Crippen LogP contribution in [0, 0.1) is 26.7 Å². The molecule has 1 N–H and O–H groups in total. The smallest absolute Gasteiger partial charge is 0.243 e. The Morgan fingerprint density at radius 1 is 1.10 bits per heavy atom. The number of hydrogen-bond acceptors (Lipinski definition) is 3. The molecule has 2 aromatic carbocycles. The summed E-state index contributed by atoms with van der Waals surface area (Å²) >= 11 is 5.97. The lowest BCUT2D eigenvalue weighted by Gasteiger charge is -2.31. The van der Waals surface area contributed by atoms with Crippen LogP contribution in [-0.4, -0.2) is 31.7 Å². The molecule has 0 unspecified atom stereocenters. The number of sulfonamides is 1. The molecule has 0 saturated carbocycles. The first-order valence-corrected chi connectivity index (χ1v) is 11.6. The predicted molar refractivity (Wildman–Crippen MR) is 115 cm³/mol. The maximum absolute atomic E-state index is 13.2. The highest BCUT2D eigenvalue weighted by Crippen LogP contribution is 2.29. The summed E-state index contributed by atoms with van der Waals surface area (Å²) < 4.78 is 27.9. The zero-order chi connectivity index (χ0) is 21.2. The molecule has 5 nitrogen and oxygen atoms in total. The first-order valence-electron chi connectivity index (χ1n) is 9.78. The molecule has 0 aromatic heterocycles. The number of nitrogens with one attached hydrogen (secondary N) is 1. The van der Waals surface area contributed by atoms with E-state index in [1.54, 1.807) is 6.07 Å². The Morgan fingerprint density at radius 2 is 1.72 bits per heavy atom. The Kier molecular flexibility index (Phi) is 6.66. The van der Waals surface area contributed by atoms with Crippen molar-refractivity contribution in [3.63, 3.8) is 0 Å². The second-order valence-corrected chi connectivity index (χ2v) is 10.1. The molecule has 0 atom stereocenters. The number of rotatable bonds is 5. The lowest BCUT2D eigenvalue weighted by molar-refractivity contribution is -0.126. The molecule has 29 heavy (non-hydrogen) atoms. The number of aryl methyl sites for hydroxylation is 3. The number of carbonyl (C=O) groups excluding carboxylic acids is 1. The Labute approximate surface area is 178 Å². The molecular formula is C22H27ClN2O3S. The number of nitrogens with zero attached hydrogens (tertiary/aromatic N) is 1. The van der Waals surface area contributed by atoms with Crippen LogP contribution in [0.1, 0.15) is 35.1 Å². The van der Waals surface area contributed by atoms with Crippen molar-refractivity contribution < 1.29 is 13.2 Å². The van der Waals surface area contributed by atoms with Crippen LogP contribution < -0.4 is 5.32 Å². The standard InChI is InChI=1S/C22H27ClN2O3S/c1-15-11-16(2)21(17(3)12-15)29(27,28)25-9-7-19(8-10-25)22(26)24-14-18-5-4-6-20(23)13-18/h4-6,11-13,19H,7-10,14H2,1-3H3,(H,24,26). The van der Waals surface area contributed by atoms with E-state index in [4.69, 9.17) is 11.6 Å². The van der Waals surface area contributed by atoms with Gasteiger partial charge in [-0.05, 0) is 62.4 Å². The van der Waals surface area contributed by atoms with Crippen LogP contribution in [0.2, 0.25) is 5.02 Å². The molecular weight excluding hydrogens is 408 g/mol. The Morgan fingerprint density at radius 3 is 2.31 bits per heavy atom. The van der Waals surface area contributed by atoms with Crippen LogP contribution in [0.3, 0.4) is 0 Å². The minimum absolute atomic E-state index is 0.0373. The van der Waals surface area contributed by atoms with E-state index in [0.717, 1.165) is 22.3 Å². The van der Waals surface area contributed by atoms with E-state index in [0.29, 0.717) is 42.4 Å². The van der Waals surface area contributed by atoms with E-state index in [2.05, 4.69) is 5.32 Å². The van der Waals surface area contributed by atoms with Gasteiger partial charge in [-0.1, -0.05) is 41.4 Å². The largest absolute Gasteiger partial charge is 0.352 e. The van der Waals surface area contributed by atoms with E-state index < -0.39 is 10.0 Å². The molecule has 3 rings (SSSR count). The number of carbonyl (C=O) groups is 1. The Bertz CT molecular complexity index is 989. The molecule has 156 valence electrons.